The molecule has 1 aliphatic heterocycles. The van der Waals surface area contributed by atoms with Gasteiger partial charge in [-0.25, -0.2) is 4.79 Å². The molecule has 0 unspecified atom stereocenters. The van der Waals surface area contributed by atoms with Crippen LogP contribution >= 0.6 is 0 Å². The maximum absolute atomic E-state index is 10.6. The zero-order valence-electron chi connectivity index (χ0n) is 6.71. The standard InChI is InChI=1S/C7H9NO5/c9-3-4-1-8(7(12)13)2-5(4)6(10)11/h3-5H,1-2H2,(H,10,11)(H,12,13)/t4-,5+/m0/s1. The molecule has 0 saturated carbocycles. The second-order valence-corrected chi connectivity index (χ2v) is 2.93. The first-order valence-corrected chi connectivity index (χ1v) is 3.72. The molecule has 2 atom stereocenters. The van der Waals surface area contributed by atoms with E-state index in [1.54, 1.807) is 0 Å². The van der Waals surface area contributed by atoms with Gasteiger partial charge in [-0.1, -0.05) is 0 Å². The highest BCUT2D eigenvalue weighted by Gasteiger charge is 2.39. The van der Waals surface area contributed by atoms with Gasteiger partial charge >= 0.3 is 12.1 Å². The molecule has 6 heteroatoms. The number of amides is 1. The summed E-state index contributed by atoms with van der Waals surface area (Å²) in [4.78, 5) is 32.4. The Hall–Kier alpha value is -1.59. The number of hydrogen-bond donors (Lipinski definition) is 2. The van der Waals surface area contributed by atoms with Crippen molar-refractivity contribution in [1.82, 2.24) is 4.90 Å². The zero-order valence-corrected chi connectivity index (χ0v) is 6.71. The molecule has 13 heavy (non-hydrogen) atoms. The van der Waals surface area contributed by atoms with Crippen molar-refractivity contribution in [1.29, 1.82) is 0 Å². The average Bonchev–Trinajstić information content (AvgIpc) is 2.47. The van der Waals surface area contributed by atoms with Crippen molar-refractivity contribution in [2.45, 2.75) is 0 Å². The average molecular weight is 187 g/mol. The van der Waals surface area contributed by atoms with E-state index in [0.717, 1.165) is 4.90 Å². The van der Waals surface area contributed by atoms with Crippen LogP contribution in [0.15, 0.2) is 0 Å². The summed E-state index contributed by atoms with van der Waals surface area (Å²) in [6, 6.07) is 0. The van der Waals surface area contributed by atoms with Gasteiger partial charge in [0, 0.05) is 19.0 Å². The lowest BCUT2D eigenvalue weighted by Crippen LogP contribution is -2.28. The fourth-order valence-electron chi connectivity index (χ4n) is 1.38. The summed E-state index contributed by atoms with van der Waals surface area (Å²) < 4.78 is 0. The van der Waals surface area contributed by atoms with Crippen LogP contribution in [-0.4, -0.2) is 46.6 Å². The highest BCUT2D eigenvalue weighted by Crippen LogP contribution is 2.21. The van der Waals surface area contributed by atoms with Crippen molar-refractivity contribution in [3.05, 3.63) is 0 Å². The van der Waals surface area contributed by atoms with E-state index in [1.807, 2.05) is 0 Å². The van der Waals surface area contributed by atoms with Gasteiger partial charge in [0.15, 0.2) is 0 Å². The molecular weight excluding hydrogens is 178 g/mol. The minimum Gasteiger partial charge on any atom is -0.481 e. The number of carbonyl (C=O) groups excluding carboxylic acids is 1. The molecule has 0 aromatic heterocycles. The highest BCUT2D eigenvalue weighted by molar-refractivity contribution is 5.78. The molecule has 0 radical (unpaired) electrons. The van der Waals surface area contributed by atoms with Crippen molar-refractivity contribution in [3.8, 4) is 0 Å². The van der Waals surface area contributed by atoms with Gasteiger partial charge in [0.25, 0.3) is 0 Å². The molecule has 0 aromatic rings. The molecule has 1 heterocycles. The topological polar surface area (TPSA) is 94.9 Å². The highest BCUT2D eigenvalue weighted by atomic mass is 16.4. The number of carbonyl (C=O) groups is 3. The summed E-state index contributed by atoms with van der Waals surface area (Å²) in [5.41, 5.74) is 0. The third-order valence-electron chi connectivity index (χ3n) is 2.13. The Balaban J connectivity index is 2.72. The van der Waals surface area contributed by atoms with Gasteiger partial charge in [0.05, 0.1) is 5.92 Å². The SMILES string of the molecule is O=C[C@@H]1CN(C(=O)O)C[C@H]1C(=O)O. The van der Waals surface area contributed by atoms with Crippen molar-refractivity contribution in [2.24, 2.45) is 11.8 Å². The first-order chi connectivity index (χ1) is 6.06. The summed E-state index contributed by atoms with van der Waals surface area (Å²) in [5, 5.41) is 17.2. The number of likely N-dealkylation sites (tertiary alicyclic amines) is 1. The normalized spacial score (nSPS) is 27.2. The molecule has 0 spiro atoms. The second kappa shape index (κ2) is 3.42. The van der Waals surface area contributed by atoms with Gasteiger partial charge in [0.2, 0.25) is 0 Å². The van der Waals surface area contributed by atoms with Crippen molar-refractivity contribution in [2.75, 3.05) is 13.1 Å². The lowest BCUT2D eigenvalue weighted by molar-refractivity contribution is -0.143. The number of carboxylic acids is 1. The van der Waals surface area contributed by atoms with E-state index in [0.29, 0.717) is 6.29 Å². The fraction of sp³-hybridized carbons (Fsp3) is 0.571. The van der Waals surface area contributed by atoms with E-state index in [4.69, 9.17) is 10.2 Å². The Kier molecular flexibility index (Phi) is 2.50. The number of nitrogens with zero attached hydrogens (tertiary/aromatic N) is 1. The van der Waals surface area contributed by atoms with E-state index in [2.05, 4.69) is 0 Å². The summed E-state index contributed by atoms with van der Waals surface area (Å²) in [6.07, 6.45) is -0.683. The van der Waals surface area contributed by atoms with Crippen LogP contribution in [0.25, 0.3) is 0 Å². The fourth-order valence-corrected chi connectivity index (χ4v) is 1.38. The van der Waals surface area contributed by atoms with E-state index in [9.17, 15) is 14.4 Å². The first-order valence-electron chi connectivity index (χ1n) is 3.72. The predicted molar refractivity (Wildman–Crippen MR) is 40.3 cm³/mol. The zero-order chi connectivity index (χ0) is 10.0. The Morgan fingerprint density at radius 3 is 2.23 bits per heavy atom. The van der Waals surface area contributed by atoms with Gasteiger partial charge in [-0.2, -0.15) is 0 Å². The molecule has 0 bridgehead atoms. The van der Waals surface area contributed by atoms with Crippen molar-refractivity contribution >= 4 is 18.3 Å². The van der Waals surface area contributed by atoms with Crippen LogP contribution in [0.3, 0.4) is 0 Å². The summed E-state index contributed by atoms with van der Waals surface area (Å²) in [5.74, 6) is -2.73. The lowest BCUT2D eigenvalue weighted by atomic mass is 9.98. The number of aliphatic carboxylic acids is 1. The van der Waals surface area contributed by atoms with Crippen LogP contribution in [0.1, 0.15) is 0 Å². The minimum atomic E-state index is -1.18. The third kappa shape index (κ3) is 1.77. The lowest BCUT2D eigenvalue weighted by Gasteiger charge is -2.09. The number of rotatable bonds is 2. The summed E-state index contributed by atoms with van der Waals surface area (Å²) in [7, 11) is 0. The maximum atomic E-state index is 10.6. The van der Waals surface area contributed by atoms with Crippen molar-refractivity contribution < 1.29 is 24.6 Å². The number of aldehydes is 1. The first kappa shape index (κ1) is 9.50. The molecule has 0 aliphatic carbocycles. The quantitative estimate of drug-likeness (QED) is 0.568. The molecule has 6 nitrogen and oxygen atoms in total. The van der Waals surface area contributed by atoms with Gasteiger partial charge < -0.3 is 19.9 Å². The molecule has 0 aromatic carbocycles. The Morgan fingerprint density at radius 2 is 1.92 bits per heavy atom. The minimum absolute atomic E-state index is 0.0181. The van der Waals surface area contributed by atoms with Crippen LogP contribution in [0.2, 0.25) is 0 Å². The Labute approximate surface area is 73.8 Å². The Morgan fingerprint density at radius 1 is 1.31 bits per heavy atom. The molecule has 1 fully saturated rings. The van der Waals surface area contributed by atoms with Gasteiger partial charge in [-0.3, -0.25) is 4.79 Å². The summed E-state index contributed by atoms with van der Waals surface area (Å²) >= 11 is 0. The number of carboxylic acid groups (broad SMARTS) is 2. The van der Waals surface area contributed by atoms with Crippen molar-refractivity contribution in [3.63, 3.8) is 0 Å². The molecule has 1 rings (SSSR count). The van der Waals surface area contributed by atoms with Crippen LogP contribution in [0.5, 0.6) is 0 Å². The number of hydrogen-bond acceptors (Lipinski definition) is 3. The molecular formula is C7H9NO5. The Bertz CT molecular complexity index is 251. The largest absolute Gasteiger partial charge is 0.481 e. The molecule has 1 saturated heterocycles. The smallest absolute Gasteiger partial charge is 0.407 e. The molecule has 1 aliphatic rings. The van der Waals surface area contributed by atoms with Gasteiger partial charge in [-0.15, -0.1) is 0 Å². The monoisotopic (exact) mass is 187 g/mol. The summed E-state index contributed by atoms with van der Waals surface area (Å²) in [6.45, 7) is -0.121. The van der Waals surface area contributed by atoms with Gasteiger partial charge in [0.1, 0.15) is 6.29 Å². The molecule has 1 amide bonds. The maximum Gasteiger partial charge on any atom is 0.407 e. The van der Waals surface area contributed by atoms with E-state index >= 15 is 0 Å². The van der Waals surface area contributed by atoms with Crippen LogP contribution in [-0.2, 0) is 9.59 Å². The van der Waals surface area contributed by atoms with E-state index in [1.165, 1.54) is 0 Å². The van der Waals surface area contributed by atoms with E-state index < -0.39 is 23.9 Å². The van der Waals surface area contributed by atoms with Crippen LogP contribution < -0.4 is 0 Å². The third-order valence-corrected chi connectivity index (χ3v) is 2.13. The van der Waals surface area contributed by atoms with Crippen LogP contribution in [0, 0.1) is 11.8 Å². The molecule has 2 N–H and O–H groups in total. The van der Waals surface area contributed by atoms with Crippen LogP contribution in [0.4, 0.5) is 4.79 Å². The molecule has 72 valence electrons. The van der Waals surface area contributed by atoms with E-state index in [-0.39, 0.29) is 13.1 Å². The predicted octanol–water partition coefficient (Wildman–Crippen LogP) is -0.504. The second-order valence-electron chi connectivity index (χ2n) is 2.93. The van der Waals surface area contributed by atoms with Gasteiger partial charge in [-0.05, 0) is 0 Å².